The molecule has 126 valence electrons. The van der Waals surface area contributed by atoms with Crippen LogP contribution >= 0.6 is 23.2 Å². The Morgan fingerprint density at radius 3 is 2.62 bits per heavy atom. The van der Waals surface area contributed by atoms with Crippen LogP contribution in [0, 0.1) is 10.1 Å². The molecule has 0 unspecified atom stereocenters. The molecule has 0 aliphatic heterocycles. The zero-order valence-electron chi connectivity index (χ0n) is 12.7. The first-order chi connectivity index (χ1) is 11.4. The Bertz CT molecular complexity index is 781. The van der Waals surface area contributed by atoms with Crippen LogP contribution in [0.2, 0.25) is 10.0 Å². The number of carbonyl (C=O) groups excluding carboxylic acids is 1. The van der Waals surface area contributed by atoms with Crippen molar-refractivity contribution in [3.05, 3.63) is 67.7 Å². The molecule has 2 aromatic carbocycles. The third kappa shape index (κ3) is 4.37. The molecule has 0 radical (unpaired) electrons. The number of hydrogen-bond donors (Lipinski definition) is 1. The monoisotopic (exact) mass is 368 g/mol. The number of nitrogens with zero attached hydrogens (tertiary/aromatic N) is 1. The Morgan fingerprint density at radius 2 is 2.00 bits per heavy atom. The minimum absolute atomic E-state index is 0.145. The number of anilines is 1. The molecule has 2 aromatic rings. The predicted molar refractivity (Wildman–Crippen MR) is 92.8 cm³/mol. The van der Waals surface area contributed by atoms with E-state index in [0.717, 1.165) is 5.56 Å². The average Bonchev–Trinajstić information content (AvgIpc) is 2.54. The lowest BCUT2D eigenvalue weighted by Gasteiger charge is -2.10. The summed E-state index contributed by atoms with van der Waals surface area (Å²) in [4.78, 5) is 22.4. The van der Waals surface area contributed by atoms with Crippen molar-refractivity contribution in [1.29, 1.82) is 0 Å². The number of hydrogen-bond acceptors (Lipinski definition) is 5. The first-order valence-corrected chi connectivity index (χ1v) is 7.81. The Hall–Kier alpha value is -2.31. The van der Waals surface area contributed by atoms with Crippen LogP contribution < -0.4 is 5.32 Å². The van der Waals surface area contributed by atoms with E-state index in [-0.39, 0.29) is 30.1 Å². The summed E-state index contributed by atoms with van der Waals surface area (Å²) in [5.74, 6) is -0.542. The number of benzene rings is 2. The van der Waals surface area contributed by atoms with Gasteiger partial charge in [0.15, 0.2) is 0 Å². The van der Waals surface area contributed by atoms with E-state index < -0.39 is 10.9 Å². The van der Waals surface area contributed by atoms with Gasteiger partial charge < -0.3 is 10.1 Å². The Labute approximate surface area is 148 Å². The van der Waals surface area contributed by atoms with Crippen molar-refractivity contribution in [2.45, 2.75) is 13.5 Å². The number of nitro groups is 1. The molecule has 1 N–H and O–H groups in total. The van der Waals surface area contributed by atoms with Crippen LogP contribution in [0.3, 0.4) is 0 Å². The van der Waals surface area contributed by atoms with Gasteiger partial charge in [0.05, 0.1) is 17.1 Å². The zero-order valence-corrected chi connectivity index (χ0v) is 14.2. The highest BCUT2D eigenvalue weighted by Crippen LogP contribution is 2.28. The van der Waals surface area contributed by atoms with Gasteiger partial charge in [-0.05, 0) is 36.8 Å². The van der Waals surface area contributed by atoms with Gasteiger partial charge in [0.25, 0.3) is 5.69 Å². The van der Waals surface area contributed by atoms with Gasteiger partial charge in [0.1, 0.15) is 5.69 Å². The van der Waals surface area contributed by atoms with Crippen LogP contribution in [0.5, 0.6) is 0 Å². The summed E-state index contributed by atoms with van der Waals surface area (Å²) in [5, 5.41) is 15.0. The summed E-state index contributed by atoms with van der Waals surface area (Å²) >= 11 is 11.9. The Kier molecular flexibility index (Phi) is 6.00. The molecule has 2 rings (SSSR count). The van der Waals surface area contributed by atoms with Crippen molar-refractivity contribution < 1.29 is 14.5 Å². The molecule has 8 heteroatoms. The number of nitro benzene ring substituents is 1. The number of esters is 1. The minimum atomic E-state index is -0.542. The van der Waals surface area contributed by atoms with Crippen LogP contribution in [0.15, 0.2) is 36.4 Å². The van der Waals surface area contributed by atoms with Gasteiger partial charge in [0, 0.05) is 22.7 Å². The number of rotatable bonds is 6. The molecule has 0 fully saturated rings. The molecule has 6 nitrogen and oxygen atoms in total. The second-order valence-corrected chi connectivity index (χ2v) is 5.64. The molecule has 0 aliphatic rings. The number of carbonyl (C=O) groups is 1. The van der Waals surface area contributed by atoms with E-state index in [0.29, 0.717) is 10.0 Å². The van der Waals surface area contributed by atoms with E-state index in [4.69, 9.17) is 27.9 Å². The maximum Gasteiger partial charge on any atom is 0.338 e. The first kappa shape index (κ1) is 18.0. The molecule has 0 aliphatic carbocycles. The van der Waals surface area contributed by atoms with Gasteiger partial charge in [-0.3, -0.25) is 10.1 Å². The van der Waals surface area contributed by atoms with Crippen LogP contribution in [0.25, 0.3) is 0 Å². The van der Waals surface area contributed by atoms with Crippen molar-refractivity contribution in [1.82, 2.24) is 0 Å². The Balaban J connectivity index is 2.27. The molecular weight excluding hydrogens is 355 g/mol. The third-order valence-electron chi connectivity index (χ3n) is 3.19. The lowest BCUT2D eigenvalue weighted by molar-refractivity contribution is -0.384. The molecule has 0 heterocycles. The van der Waals surface area contributed by atoms with Gasteiger partial charge in [0.2, 0.25) is 0 Å². The molecule has 0 amide bonds. The fraction of sp³-hybridized carbons (Fsp3) is 0.188. The number of ether oxygens (including phenoxy) is 1. The van der Waals surface area contributed by atoms with Crippen LogP contribution in [0.4, 0.5) is 11.4 Å². The minimum Gasteiger partial charge on any atom is -0.462 e. The largest absolute Gasteiger partial charge is 0.462 e. The predicted octanol–water partition coefficient (Wildman–Crippen LogP) is 4.69. The second-order valence-electron chi connectivity index (χ2n) is 4.80. The second kappa shape index (κ2) is 7.99. The van der Waals surface area contributed by atoms with Gasteiger partial charge in [-0.1, -0.05) is 29.3 Å². The fourth-order valence-electron chi connectivity index (χ4n) is 2.03. The van der Waals surface area contributed by atoms with Gasteiger partial charge in [-0.2, -0.15) is 0 Å². The summed E-state index contributed by atoms with van der Waals surface area (Å²) < 4.78 is 4.91. The summed E-state index contributed by atoms with van der Waals surface area (Å²) in [6.07, 6.45) is 0. The maximum absolute atomic E-state index is 11.8. The standard InChI is InChI=1S/C16H14Cl2N2O4/c1-2-24-16(21)10-4-6-15(20(22)23)14(7-10)19-9-11-3-5-12(17)8-13(11)18/h3-8,19H,2,9H2,1H3. The average molecular weight is 369 g/mol. The molecule has 0 saturated carbocycles. The summed E-state index contributed by atoms with van der Waals surface area (Å²) in [7, 11) is 0. The summed E-state index contributed by atoms with van der Waals surface area (Å²) in [6.45, 7) is 2.15. The van der Waals surface area contributed by atoms with Crippen molar-refractivity contribution in [3.63, 3.8) is 0 Å². The van der Waals surface area contributed by atoms with Gasteiger partial charge in [-0.25, -0.2) is 4.79 Å². The summed E-state index contributed by atoms with van der Waals surface area (Å²) in [5.41, 5.74) is 1.01. The van der Waals surface area contributed by atoms with Crippen LogP contribution in [0.1, 0.15) is 22.8 Å². The smallest absolute Gasteiger partial charge is 0.338 e. The highest BCUT2D eigenvalue weighted by Gasteiger charge is 2.17. The highest BCUT2D eigenvalue weighted by atomic mass is 35.5. The number of halogens is 2. The Morgan fingerprint density at radius 1 is 1.25 bits per heavy atom. The van der Waals surface area contributed by atoms with Crippen molar-refractivity contribution in [3.8, 4) is 0 Å². The van der Waals surface area contributed by atoms with Crippen molar-refractivity contribution in [2.24, 2.45) is 0 Å². The SMILES string of the molecule is CCOC(=O)c1ccc([N+](=O)[O-])c(NCc2ccc(Cl)cc2Cl)c1. The molecule has 24 heavy (non-hydrogen) atoms. The van der Waals surface area contributed by atoms with E-state index >= 15 is 0 Å². The van der Waals surface area contributed by atoms with E-state index in [1.165, 1.54) is 18.2 Å². The maximum atomic E-state index is 11.8. The van der Waals surface area contributed by atoms with Crippen molar-refractivity contribution in [2.75, 3.05) is 11.9 Å². The molecule has 0 bridgehead atoms. The van der Waals surface area contributed by atoms with E-state index in [2.05, 4.69) is 5.32 Å². The normalized spacial score (nSPS) is 10.3. The lowest BCUT2D eigenvalue weighted by atomic mass is 10.1. The molecular formula is C16H14Cl2N2O4. The topological polar surface area (TPSA) is 81.5 Å². The van der Waals surface area contributed by atoms with E-state index in [1.807, 2.05) is 0 Å². The molecule has 0 spiro atoms. The van der Waals surface area contributed by atoms with Gasteiger partial charge >= 0.3 is 5.97 Å². The lowest BCUT2D eigenvalue weighted by Crippen LogP contribution is -2.08. The van der Waals surface area contributed by atoms with Crippen LogP contribution in [-0.4, -0.2) is 17.5 Å². The van der Waals surface area contributed by atoms with Crippen LogP contribution in [-0.2, 0) is 11.3 Å². The van der Waals surface area contributed by atoms with E-state index in [9.17, 15) is 14.9 Å². The molecule has 0 saturated heterocycles. The molecule has 0 atom stereocenters. The third-order valence-corrected chi connectivity index (χ3v) is 3.78. The number of nitrogens with one attached hydrogen (secondary N) is 1. The summed E-state index contributed by atoms with van der Waals surface area (Å²) in [6, 6.07) is 8.99. The fourth-order valence-corrected chi connectivity index (χ4v) is 2.51. The quantitative estimate of drug-likeness (QED) is 0.454. The first-order valence-electron chi connectivity index (χ1n) is 7.05. The van der Waals surface area contributed by atoms with E-state index in [1.54, 1.807) is 25.1 Å². The highest BCUT2D eigenvalue weighted by molar-refractivity contribution is 6.35. The molecule has 0 aromatic heterocycles. The van der Waals surface area contributed by atoms with Gasteiger partial charge in [-0.15, -0.1) is 0 Å². The van der Waals surface area contributed by atoms with Crippen molar-refractivity contribution >= 4 is 40.5 Å². The zero-order chi connectivity index (χ0) is 17.7.